The van der Waals surface area contributed by atoms with Gasteiger partial charge in [-0.3, -0.25) is 14.6 Å². The zero-order valence-electron chi connectivity index (χ0n) is 18.2. The Labute approximate surface area is 179 Å². The Bertz CT molecular complexity index is 808. The van der Waals surface area contributed by atoms with E-state index in [0.29, 0.717) is 19.6 Å². The Kier molecular flexibility index (Phi) is 7.48. The number of carbonyl (C=O) groups excluding carboxylic acids is 1. The molecule has 0 bridgehead atoms. The second-order valence-corrected chi connectivity index (χ2v) is 8.53. The molecule has 3 rings (SSSR count). The summed E-state index contributed by atoms with van der Waals surface area (Å²) in [7, 11) is 1.99. The number of rotatable bonds is 9. The maximum Gasteiger partial charge on any atom is 0.240 e. The van der Waals surface area contributed by atoms with Crippen LogP contribution in [0.25, 0.3) is 0 Å². The number of hydrogen-bond donors (Lipinski definition) is 2. The number of likely N-dealkylation sites (N-methyl/N-ethyl adjacent to an activating group) is 1. The maximum absolute atomic E-state index is 12.1. The van der Waals surface area contributed by atoms with Gasteiger partial charge in [0.05, 0.1) is 5.54 Å². The lowest BCUT2D eigenvalue weighted by atomic mass is 9.98. The van der Waals surface area contributed by atoms with Crippen LogP contribution in [0.15, 0.2) is 54.6 Å². The molecule has 1 aliphatic heterocycles. The van der Waals surface area contributed by atoms with E-state index in [1.165, 1.54) is 5.56 Å². The van der Waals surface area contributed by atoms with Crippen molar-refractivity contribution in [2.75, 3.05) is 33.3 Å². The number of piperazine rings is 1. The summed E-state index contributed by atoms with van der Waals surface area (Å²) in [6, 6.07) is 18.1. The van der Waals surface area contributed by atoms with Crippen molar-refractivity contribution in [3.05, 3.63) is 65.7 Å². The molecule has 1 amide bonds. The molecule has 0 spiro atoms. The highest BCUT2D eigenvalue weighted by molar-refractivity contribution is 5.86. The summed E-state index contributed by atoms with van der Waals surface area (Å²) in [4.78, 5) is 16.4. The average molecular weight is 412 g/mol. The van der Waals surface area contributed by atoms with Gasteiger partial charge < -0.3 is 15.2 Å². The third kappa shape index (κ3) is 6.05. The molecule has 30 heavy (non-hydrogen) atoms. The van der Waals surface area contributed by atoms with Gasteiger partial charge in [-0.15, -0.1) is 0 Å². The molecule has 1 atom stereocenters. The van der Waals surface area contributed by atoms with Gasteiger partial charge in [-0.25, -0.2) is 0 Å². The van der Waals surface area contributed by atoms with Crippen LogP contribution in [0.1, 0.15) is 25.0 Å². The van der Waals surface area contributed by atoms with Crippen LogP contribution in [0.5, 0.6) is 5.75 Å². The van der Waals surface area contributed by atoms with Crippen LogP contribution in [0, 0.1) is 0 Å². The summed E-state index contributed by atoms with van der Waals surface area (Å²) in [5, 5.41) is 13.2. The van der Waals surface area contributed by atoms with Crippen molar-refractivity contribution in [2.24, 2.45) is 0 Å². The highest BCUT2D eigenvalue weighted by atomic mass is 16.5. The summed E-state index contributed by atoms with van der Waals surface area (Å²) in [6.45, 7) is 7.71. The Morgan fingerprint density at radius 2 is 1.83 bits per heavy atom. The van der Waals surface area contributed by atoms with Crippen molar-refractivity contribution in [3.8, 4) is 5.75 Å². The van der Waals surface area contributed by atoms with E-state index in [2.05, 4.69) is 27.2 Å². The van der Waals surface area contributed by atoms with Crippen LogP contribution >= 0.6 is 0 Å². The predicted octanol–water partition coefficient (Wildman–Crippen LogP) is 2.27. The number of ether oxygens (including phenoxy) is 1. The first-order valence-electron chi connectivity index (χ1n) is 10.5. The summed E-state index contributed by atoms with van der Waals surface area (Å²) in [5.41, 5.74) is 1.84. The first kappa shape index (κ1) is 22.3. The van der Waals surface area contributed by atoms with Gasteiger partial charge in [0.25, 0.3) is 0 Å². The summed E-state index contributed by atoms with van der Waals surface area (Å²) < 4.78 is 5.77. The minimum Gasteiger partial charge on any atom is -0.491 e. The largest absolute Gasteiger partial charge is 0.491 e. The normalized spacial score (nSPS) is 17.6. The van der Waals surface area contributed by atoms with Gasteiger partial charge in [-0.05, 0) is 44.2 Å². The molecule has 0 aliphatic carbocycles. The lowest BCUT2D eigenvalue weighted by Gasteiger charge is -2.41. The van der Waals surface area contributed by atoms with Gasteiger partial charge in [-0.1, -0.05) is 42.5 Å². The minimum absolute atomic E-state index is 0.0694. The second kappa shape index (κ2) is 10.1. The van der Waals surface area contributed by atoms with E-state index in [0.717, 1.165) is 24.4 Å². The Morgan fingerprint density at radius 1 is 1.13 bits per heavy atom. The van der Waals surface area contributed by atoms with E-state index in [-0.39, 0.29) is 12.5 Å². The second-order valence-electron chi connectivity index (χ2n) is 8.53. The molecule has 162 valence electrons. The molecule has 2 aromatic rings. The molecule has 1 fully saturated rings. The highest BCUT2D eigenvalue weighted by Crippen LogP contribution is 2.22. The van der Waals surface area contributed by atoms with E-state index in [1.54, 1.807) is 0 Å². The molecule has 6 heteroatoms. The monoisotopic (exact) mass is 411 g/mol. The molecule has 1 aliphatic rings. The van der Waals surface area contributed by atoms with Crippen LogP contribution in [0.3, 0.4) is 0 Å². The number of aliphatic hydroxyl groups is 1. The lowest BCUT2D eigenvalue weighted by molar-refractivity contribution is -0.135. The predicted molar refractivity (Wildman–Crippen MR) is 118 cm³/mol. The standard InChI is InChI=1S/C24H33N3O3/c1-24(2)23(29)25-13-14-27(24)16-20-9-11-22(12-10-20)30-18-21(28)17-26(3)15-19-7-5-4-6-8-19/h4-12,21,28H,13-18H2,1-3H3,(H,25,29)/t21-/m0/s1. The number of benzene rings is 2. The van der Waals surface area contributed by atoms with Gasteiger partial charge in [-0.2, -0.15) is 0 Å². The van der Waals surface area contributed by atoms with E-state index in [9.17, 15) is 9.90 Å². The third-order valence-electron chi connectivity index (χ3n) is 5.57. The van der Waals surface area contributed by atoms with Gasteiger partial charge in [0.1, 0.15) is 18.5 Å². The van der Waals surface area contributed by atoms with E-state index >= 15 is 0 Å². The molecule has 1 saturated heterocycles. The zero-order chi connectivity index (χ0) is 21.6. The molecular formula is C24H33N3O3. The molecular weight excluding hydrogens is 378 g/mol. The Hall–Kier alpha value is -2.41. The van der Waals surface area contributed by atoms with Gasteiger partial charge in [0.15, 0.2) is 0 Å². The van der Waals surface area contributed by atoms with Crippen LogP contribution in [-0.4, -0.2) is 65.7 Å². The first-order chi connectivity index (χ1) is 14.3. The fraction of sp³-hybridized carbons (Fsp3) is 0.458. The van der Waals surface area contributed by atoms with E-state index < -0.39 is 11.6 Å². The van der Waals surface area contributed by atoms with Crippen LogP contribution in [-0.2, 0) is 17.9 Å². The van der Waals surface area contributed by atoms with Crippen molar-refractivity contribution in [2.45, 2.75) is 38.6 Å². The highest BCUT2D eigenvalue weighted by Gasteiger charge is 2.37. The number of nitrogens with one attached hydrogen (secondary N) is 1. The van der Waals surface area contributed by atoms with Crippen LogP contribution < -0.4 is 10.1 Å². The van der Waals surface area contributed by atoms with Crippen molar-refractivity contribution in [1.29, 1.82) is 0 Å². The van der Waals surface area contributed by atoms with Crippen molar-refractivity contribution >= 4 is 5.91 Å². The quantitative estimate of drug-likeness (QED) is 0.663. The molecule has 6 nitrogen and oxygen atoms in total. The van der Waals surface area contributed by atoms with Gasteiger partial charge in [0.2, 0.25) is 5.91 Å². The average Bonchev–Trinajstić information content (AvgIpc) is 2.72. The number of amides is 1. The van der Waals surface area contributed by atoms with Gasteiger partial charge >= 0.3 is 0 Å². The van der Waals surface area contributed by atoms with E-state index in [4.69, 9.17) is 4.74 Å². The SMILES string of the molecule is CN(Cc1ccccc1)C[C@H](O)COc1ccc(CN2CCNC(=O)C2(C)C)cc1. The molecule has 0 radical (unpaired) electrons. The third-order valence-corrected chi connectivity index (χ3v) is 5.57. The molecule has 1 heterocycles. The van der Waals surface area contributed by atoms with Crippen LogP contribution in [0.4, 0.5) is 0 Å². The van der Waals surface area contributed by atoms with Crippen molar-refractivity contribution < 1.29 is 14.6 Å². The first-order valence-corrected chi connectivity index (χ1v) is 10.5. The minimum atomic E-state index is -0.564. The number of aliphatic hydroxyl groups excluding tert-OH is 1. The maximum atomic E-state index is 12.1. The summed E-state index contributed by atoms with van der Waals surface area (Å²) >= 11 is 0. The number of carbonyl (C=O) groups is 1. The van der Waals surface area contributed by atoms with E-state index in [1.807, 2.05) is 63.4 Å². The molecule has 0 saturated carbocycles. The smallest absolute Gasteiger partial charge is 0.240 e. The number of nitrogens with zero attached hydrogens (tertiary/aromatic N) is 2. The molecule has 0 unspecified atom stereocenters. The molecule has 2 aromatic carbocycles. The van der Waals surface area contributed by atoms with Crippen molar-refractivity contribution in [3.63, 3.8) is 0 Å². The molecule has 2 N–H and O–H groups in total. The van der Waals surface area contributed by atoms with Crippen molar-refractivity contribution in [1.82, 2.24) is 15.1 Å². The number of hydrogen-bond acceptors (Lipinski definition) is 5. The molecule has 0 aromatic heterocycles. The summed E-state index contributed by atoms with van der Waals surface area (Å²) in [6.07, 6.45) is -0.564. The lowest BCUT2D eigenvalue weighted by Crippen LogP contribution is -2.61. The van der Waals surface area contributed by atoms with Crippen LogP contribution in [0.2, 0.25) is 0 Å². The zero-order valence-corrected chi connectivity index (χ0v) is 18.2. The Balaban J connectivity index is 1.44. The summed E-state index contributed by atoms with van der Waals surface area (Å²) in [5.74, 6) is 0.805. The Morgan fingerprint density at radius 3 is 2.53 bits per heavy atom. The topological polar surface area (TPSA) is 65.0 Å². The van der Waals surface area contributed by atoms with Gasteiger partial charge in [0, 0.05) is 32.7 Å². The fourth-order valence-electron chi connectivity index (χ4n) is 3.70. The fourth-order valence-corrected chi connectivity index (χ4v) is 3.70.